The number of aryl methyl sites for hydroxylation is 1. The van der Waals surface area contributed by atoms with Crippen LogP contribution in [0.5, 0.6) is 11.8 Å². The van der Waals surface area contributed by atoms with Crippen molar-refractivity contribution < 1.29 is 18.3 Å². The van der Waals surface area contributed by atoms with Gasteiger partial charge in [-0.3, -0.25) is 0 Å². The van der Waals surface area contributed by atoms with Crippen molar-refractivity contribution in [1.29, 1.82) is 0 Å². The number of fused-ring (bicyclic) bond motifs is 1. The van der Waals surface area contributed by atoms with E-state index in [1.165, 1.54) is 18.6 Å². The van der Waals surface area contributed by atoms with Gasteiger partial charge in [-0.15, -0.1) is 0 Å². The maximum atomic E-state index is 12.3. The highest BCUT2D eigenvalue weighted by Gasteiger charge is 2.22. The highest BCUT2D eigenvalue weighted by Crippen LogP contribution is 2.29. The molecule has 0 amide bonds. The van der Waals surface area contributed by atoms with Crippen molar-refractivity contribution in [3.63, 3.8) is 0 Å². The van der Waals surface area contributed by atoms with Gasteiger partial charge in [-0.05, 0) is 26.0 Å². The number of hydrogen-bond acceptors (Lipinski definition) is 7. The number of aromatic nitrogens is 5. The van der Waals surface area contributed by atoms with Gasteiger partial charge in [-0.25, -0.2) is 15.0 Å². The molecule has 142 valence electrons. The zero-order valence-electron chi connectivity index (χ0n) is 14.6. The van der Waals surface area contributed by atoms with Gasteiger partial charge in [-0.1, -0.05) is 0 Å². The summed E-state index contributed by atoms with van der Waals surface area (Å²) in [6, 6.07) is 3.01. The van der Waals surface area contributed by atoms with E-state index in [0.717, 1.165) is 19.5 Å². The lowest BCUT2D eigenvalue weighted by atomic mass is 10.2. The molecule has 1 fully saturated rings. The van der Waals surface area contributed by atoms with Crippen molar-refractivity contribution in [3.05, 3.63) is 24.7 Å². The second kappa shape index (κ2) is 7.39. The fraction of sp³-hybridized carbons (Fsp3) is 0.412. The van der Waals surface area contributed by atoms with Crippen molar-refractivity contribution >= 4 is 11.2 Å². The number of nitrogens with zero attached hydrogens (tertiary/aromatic N) is 5. The predicted molar refractivity (Wildman–Crippen MR) is 92.8 cm³/mol. The second-order valence-corrected chi connectivity index (χ2v) is 6.03. The molecule has 1 aliphatic rings. The lowest BCUT2D eigenvalue weighted by Crippen LogP contribution is -2.20. The van der Waals surface area contributed by atoms with E-state index in [-0.39, 0.29) is 12.0 Å². The van der Waals surface area contributed by atoms with Gasteiger partial charge in [0.2, 0.25) is 11.8 Å². The van der Waals surface area contributed by atoms with E-state index in [1.54, 1.807) is 6.07 Å². The van der Waals surface area contributed by atoms with Crippen LogP contribution in [0.15, 0.2) is 24.7 Å². The lowest BCUT2D eigenvalue weighted by Gasteiger charge is -2.11. The Kier molecular flexibility index (Phi) is 4.80. The standard InChI is InChI=1S/C17H18F2N6O2/c1-2-25-14(10-3-4-12(21-7-10)27-17(18)19)24-13-15(25)22-9-23-16(13)26-11-5-6-20-8-11/h3-4,7,9,11,17,20H,2,5-6,8H2,1H3/t11-/m0/s1. The molecule has 0 spiro atoms. The van der Waals surface area contributed by atoms with E-state index < -0.39 is 6.61 Å². The molecule has 0 saturated carbocycles. The molecule has 10 heteroatoms. The Labute approximate surface area is 153 Å². The number of ether oxygens (including phenoxy) is 2. The third-order valence-corrected chi connectivity index (χ3v) is 4.31. The summed E-state index contributed by atoms with van der Waals surface area (Å²) in [7, 11) is 0. The minimum absolute atomic E-state index is 0.0470. The molecule has 4 rings (SSSR count). The SMILES string of the molecule is CCn1c(-c2ccc(OC(F)F)nc2)nc2c(O[C@H]3CCNC3)ncnc21. The number of pyridine rings is 1. The summed E-state index contributed by atoms with van der Waals surface area (Å²) >= 11 is 0. The molecule has 4 heterocycles. The minimum Gasteiger partial charge on any atom is -0.471 e. The van der Waals surface area contributed by atoms with E-state index in [0.29, 0.717) is 35.0 Å². The molecular weight excluding hydrogens is 358 g/mol. The number of alkyl halides is 2. The number of rotatable bonds is 6. The minimum atomic E-state index is -2.91. The monoisotopic (exact) mass is 376 g/mol. The molecule has 0 bridgehead atoms. The van der Waals surface area contributed by atoms with Crippen LogP contribution < -0.4 is 14.8 Å². The zero-order valence-corrected chi connectivity index (χ0v) is 14.6. The average molecular weight is 376 g/mol. The van der Waals surface area contributed by atoms with Gasteiger partial charge in [0.25, 0.3) is 0 Å². The summed E-state index contributed by atoms with van der Waals surface area (Å²) in [6.45, 7) is 1.34. The molecule has 1 atom stereocenters. The highest BCUT2D eigenvalue weighted by molar-refractivity contribution is 5.81. The average Bonchev–Trinajstić information content (AvgIpc) is 3.29. The first-order valence-electron chi connectivity index (χ1n) is 8.65. The molecule has 8 nitrogen and oxygen atoms in total. The first kappa shape index (κ1) is 17.5. The van der Waals surface area contributed by atoms with Crippen LogP contribution in [0.4, 0.5) is 8.78 Å². The molecular formula is C17H18F2N6O2. The molecule has 3 aromatic rings. The van der Waals surface area contributed by atoms with Crippen LogP contribution in [-0.2, 0) is 6.54 Å². The Bertz CT molecular complexity index is 925. The molecule has 0 radical (unpaired) electrons. The van der Waals surface area contributed by atoms with Crippen molar-refractivity contribution in [1.82, 2.24) is 29.8 Å². The van der Waals surface area contributed by atoms with E-state index in [9.17, 15) is 8.78 Å². The largest absolute Gasteiger partial charge is 0.471 e. The van der Waals surface area contributed by atoms with E-state index in [2.05, 4.69) is 30.0 Å². The van der Waals surface area contributed by atoms with Crippen LogP contribution in [0.25, 0.3) is 22.6 Å². The van der Waals surface area contributed by atoms with Crippen molar-refractivity contribution in [2.24, 2.45) is 0 Å². The van der Waals surface area contributed by atoms with Crippen molar-refractivity contribution in [3.8, 4) is 23.1 Å². The summed E-state index contributed by atoms with van der Waals surface area (Å²) in [5.41, 5.74) is 1.87. The third kappa shape index (κ3) is 3.52. The molecule has 0 unspecified atom stereocenters. The number of nitrogens with one attached hydrogen (secondary N) is 1. The summed E-state index contributed by atoms with van der Waals surface area (Å²) in [5, 5.41) is 3.25. The van der Waals surface area contributed by atoms with E-state index in [1.807, 2.05) is 11.5 Å². The molecule has 0 aliphatic carbocycles. The first-order chi connectivity index (χ1) is 13.2. The topological polar surface area (TPSA) is 87.0 Å². The van der Waals surface area contributed by atoms with Crippen LogP contribution in [0, 0.1) is 0 Å². The molecule has 27 heavy (non-hydrogen) atoms. The third-order valence-electron chi connectivity index (χ3n) is 4.31. The lowest BCUT2D eigenvalue weighted by molar-refractivity contribution is -0.0528. The van der Waals surface area contributed by atoms with Gasteiger partial charge >= 0.3 is 6.61 Å². The fourth-order valence-corrected chi connectivity index (χ4v) is 3.08. The summed E-state index contributed by atoms with van der Waals surface area (Å²) in [6.07, 6.45) is 3.85. The van der Waals surface area contributed by atoms with Gasteiger partial charge < -0.3 is 19.4 Å². The Hall–Kier alpha value is -2.88. The van der Waals surface area contributed by atoms with Crippen LogP contribution in [0.2, 0.25) is 0 Å². The van der Waals surface area contributed by atoms with Crippen molar-refractivity contribution in [2.45, 2.75) is 32.6 Å². The van der Waals surface area contributed by atoms with Gasteiger partial charge in [0.1, 0.15) is 18.3 Å². The first-order valence-corrected chi connectivity index (χ1v) is 8.65. The van der Waals surface area contributed by atoms with Gasteiger partial charge in [0.05, 0.1) is 0 Å². The Morgan fingerprint density at radius 2 is 2.19 bits per heavy atom. The summed E-state index contributed by atoms with van der Waals surface area (Å²) in [4.78, 5) is 17.1. The zero-order chi connectivity index (χ0) is 18.8. The molecule has 1 aliphatic heterocycles. The van der Waals surface area contributed by atoms with Crippen molar-refractivity contribution in [2.75, 3.05) is 13.1 Å². The second-order valence-electron chi connectivity index (χ2n) is 6.03. The van der Waals surface area contributed by atoms with Gasteiger partial charge in [-0.2, -0.15) is 13.8 Å². The Morgan fingerprint density at radius 3 is 2.85 bits per heavy atom. The maximum Gasteiger partial charge on any atom is 0.388 e. The number of imidazole rings is 1. The summed E-state index contributed by atoms with van der Waals surface area (Å²) < 4.78 is 36.8. The highest BCUT2D eigenvalue weighted by atomic mass is 19.3. The molecule has 3 aromatic heterocycles. The van der Waals surface area contributed by atoms with Gasteiger partial charge in [0, 0.05) is 30.9 Å². The quantitative estimate of drug-likeness (QED) is 0.706. The molecule has 1 saturated heterocycles. The maximum absolute atomic E-state index is 12.3. The van der Waals surface area contributed by atoms with Crippen LogP contribution >= 0.6 is 0 Å². The van der Waals surface area contributed by atoms with E-state index in [4.69, 9.17) is 4.74 Å². The Balaban J connectivity index is 1.72. The predicted octanol–water partition coefficient (Wildman–Crippen LogP) is 2.25. The Morgan fingerprint density at radius 1 is 1.30 bits per heavy atom. The van der Waals surface area contributed by atoms with Gasteiger partial charge in [0.15, 0.2) is 11.2 Å². The van der Waals surface area contributed by atoms with Crippen LogP contribution in [0.1, 0.15) is 13.3 Å². The fourth-order valence-electron chi connectivity index (χ4n) is 3.08. The number of halogens is 2. The number of hydrogen-bond donors (Lipinski definition) is 1. The normalized spacial score (nSPS) is 17.0. The van der Waals surface area contributed by atoms with Crippen LogP contribution in [-0.4, -0.2) is 50.3 Å². The van der Waals surface area contributed by atoms with Crippen LogP contribution in [0.3, 0.4) is 0 Å². The smallest absolute Gasteiger partial charge is 0.388 e. The van der Waals surface area contributed by atoms with E-state index >= 15 is 0 Å². The molecule has 1 N–H and O–H groups in total. The molecule has 0 aromatic carbocycles. The summed E-state index contributed by atoms with van der Waals surface area (Å²) in [5.74, 6) is 0.900.